The number of ether oxygens (including phenoxy) is 2. The van der Waals surface area contributed by atoms with Crippen molar-refractivity contribution in [3.05, 3.63) is 11.6 Å². The third-order valence-electron chi connectivity index (χ3n) is 5.42. The Labute approximate surface area is 154 Å². The highest BCUT2D eigenvalue weighted by molar-refractivity contribution is 5.70. The van der Waals surface area contributed by atoms with Crippen molar-refractivity contribution < 1.29 is 29.0 Å². The minimum Gasteiger partial charge on any atom is -0.481 e. The number of amides is 1. The number of fused-ring (bicyclic) bond motifs is 1. The maximum absolute atomic E-state index is 12.1. The van der Waals surface area contributed by atoms with E-state index in [1.54, 1.807) is 13.8 Å². The summed E-state index contributed by atoms with van der Waals surface area (Å²) in [6.07, 6.45) is 3.33. The number of rotatable bonds is 8. The molecule has 0 aliphatic heterocycles. The fourth-order valence-electron chi connectivity index (χ4n) is 4.16. The van der Waals surface area contributed by atoms with Crippen molar-refractivity contribution in [2.24, 2.45) is 23.2 Å². The van der Waals surface area contributed by atoms with Crippen LogP contribution in [0.2, 0.25) is 0 Å². The number of carbonyl (C=O) groups is 3. The summed E-state index contributed by atoms with van der Waals surface area (Å²) in [4.78, 5) is 34.6. The second kappa shape index (κ2) is 8.10. The molecular formula is C19H29NO6. The summed E-state index contributed by atoms with van der Waals surface area (Å²) >= 11 is 0. The van der Waals surface area contributed by atoms with Gasteiger partial charge in [-0.15, -0.1) is 0 Å². The van der Waals surface area contributed by atoms with Gasteiger partial charge in [0.15, 0.2) is 0 Å². The van der Waals surface area contributed by atoms with Gasteiger partial charge in [-0.3, -0.25) is 9.59 Å². The number of carboxylic acids is 1. The Morgan fingerprint density at radius 1 is 1.35 bits per heavy atom. The van der Waals surface area contributed by atoms with Gasteiger partial charge >= 0.3 is 18.0 Å². The molecule has 146 valence electrons. The van der Waals surface area contributed by atoms with E-state index in [1.165, 1.54) is 12.5 Å². The largest absolute Gasteiger partial charge is 0.481 e. The molecule has 7 nitrogen and oxygen atoms in total. The molecule has 1 fully saturated rings. The van der Waals surface area contributed by atoms with Gasteiger partial charge in [-0.05, 0) is 31.1 Å². The van der Waals surface area contributed by atoms with Crippen LogP contribution in [0.25, 0.3) is 0 Å². The lowest BCUT2D eigenvalue weighted by Crippen LogP contribution is -2.53. The average molecular weight is 367 g/mol. The molecule has 2 aliphatic carbocycles. The van der Waals surface area contributed by atoms with Gasteiger partial charge in [-0.1, -0.05) is 32.4 Å². The quantitative estimate of drug-likeness (QED) is 0.388. The van der Waals surface area contributed by atoms with Crippen LogP contribution in [0.1, 0.15) is 53.4 Å². The van der Waals surface area contributed by atoms with Crippen molar-refractivity contribution >= 4 is 18.0 Å². The second-order valence-electron chi connectivity index (χ2n) is 7.79. The number of hydrogen-bond donors (Lipinski definition) is 2. The van der Waals surface area contributed by atoms with E-state index in [4.69, 9.17) is 9.47 Å². The molecule has 2 aliphatic rings. The lowest BCUT2D eigenvalue weighted by Gasteiger charge is -2.51. The molecule has 1 amide bonds. The monoisotopic (exact) mass is 367 g/mol. The first-order chi connectivity index (χ1) is 12.2. The van der Waals surface area contributed by atoms with E-state index in [2.05, 4.69) is 18.3 Å². The van der Waals surface area contributed by atoms with E-state index in [1.807, 2.05) is 0 Å². The Bertz CT molecular complexity index is 599. The van der Waals surface area contributed by atoms with Gasteiger partial charge < -0.3 is 19.9 Å². The molecule has 1 saturated carbocycles. The molecule has 2 N–H and O–H groups in total. The van der Waals surface area contributed by atoms with E-state index < -0.39 is 29.7 Å². The third kappa shape index (κ3) is 4.56. The van der Waals surface area contributed by atoms with Gasteiger partial charge in [-0.2, -0.15) is 0 Å². The second-order valence-corrected chi connectivity index (χ2v) is 7.79. The first-order valence-corrected chi connectivity index (χ1v) is 9.20. The predicted octanol–water partition coefficient (Wildman–Crippen LogP) is 3.10. The molecule has 7 heteroatoms. The van der Waals surface area contributed by atoms with Crippen LogP contribution in [0.4, 0.5) is 4.79 Å². The maximum Gasteiger partial charge on any atom is 0.410 e. The molecule has 0 radical (unpaired) electrons. The molecule has 2 rings (SSSR count). The summed E-state index contributed by atoms with van der Waals surface area (Å²) in [7, 11) is 0. The van der Waals surface area contributed by atoms with Crippen LogP contribution in [0.5, 0.6) is 0 Å². The lowest BCUT2D eigenvalue weighted by atomic mass is 9.53. The SMILES string of the molecule is CCC1=C[C@@H]2[C@H](C1)C[C@]2(CNC(=O)O[C@@H](OC(C)=O)C(C)C)CC(=O)O. The number of alkyl carbamates (subject to hydrolysis) is 1. The number of allylic oxidation sites excluding steroid dienone is 2. The molecule has 0 aromatic rings. The zero-order valence-corrected chi connectivity index (χ0v) is 15.9. The zero-order valence-electron chi connectivity index (χ0n) is 15.9. The van der Waals surface area contributed by atoms with Gasteiger partial charge in [0.05, 0.1) is 6.42 Å². The van der Waals surface area contributed by atoms with Gasteiger partial charge in [0.1, 0.15) is 0 Å². The lowest BCUT2D eigenvalue weighted by molar-refractivity contribution is -0.172. The number of esters is 1. The van der Waals surface area contributed by atoms with Gasteiger partial charge in [-0.25, -0.2) is 4.79 Å². The van der Waals surface area contributed by atoms with Crippen LogP contribution < -0.4 is 5.32 Å². The molecule has 0 spiro atoms. The molecule has 0 bridgehead atoms. The third-order valence-corrected chi connectivity index (χ3v) is 5.42. The van der Waals surface area contributed by atoms with E-state index >= 15 is 0 Å². The molecule has 0 aromatic heterocycles. The van der Waals surface area contributed by atoms with Crippen LogP contribution >= 0.6 is 0 Å². The predicted molar refractivity (Wildman–Crippen MR) is 94.1 cm³/mol. The molecular weight excluding hydrogens is 338 g/mol. The van der Waals surface area contributed by atoms with Crippen molar-refractivity contribution in [2.75, 3.05) is 6.54 Å². The Hall–Kier alpha value is -2.05. The van der Waals surface area contributed by atoms with Crippen molar-refractivity contribution in [3.63, 3.8) is 0 Å². The van der Waals surface area contributed by atoms with Crippen LogP contribution in [0.3, 0.4) is 0 Å². The summed E-state index contributed by atoms with van der Waals surface area (Å²) in [5, 5.41) is 12.0. The van der Waals surface area contributed by atoms with Crippen LogP contribution in [0, 0.1) is 23.2 Å². The van der Waals surface area contributed by atoms with Gasteiger partial charge in [0.2, 0.25) is 0 Å². The molecule has 0 aromatic carbocycles. The highest BCUT2D eigenvalue weighted by atomic mass is 16.7. The molecule has 0 heterocycles. The zero-order chi connectivity index (χ0) is 19.5. The minimum atomic E-state index is -0.963. The average Bonchev–Trinajstić information content (AvgIpc) is 2.88. The topological polar surface area (TPSA) is 102 Å². The number of nitrogens with one attached hydrogen (secondary N) is 1. The summed E-state index contributed by atoms with van der Waals surface area (Å²) in [5.74, 6) is -0.911. The van der Waals surface area contributed by atoms with Crippen molar-refractivity contribution in [3.8, 4) is 0 Å². The number of hydrogen-bond acceptors (Lipinski definition) is 5. The maximum atomic E-state index is 12.1. The fourth-order valence-corrected chi connectivity index (χ4v) is 4.16. The summed E-state index contributed by atoms with van der Waals surface area (Å²) in [6, 6.07) is 0. The smallest absolute Gasteiger partial charge is 0.410 e. The number of carboxylic acid groups (broad SMARTS) is 1. The summed E-state index contributed by atoms with van der Waals surface area (Å²) in [5.41, 5.74) is 0.894. The van der Waals surface area contributed by atoms with Gasteiger partial charge in [0.25, 0.3) is 6.29 Å². The van der Waals surface area contributed by atoms with Crippen molar-refractivity contribution in [1.29, 1.82) is 0 Å². The molecule has 4 atom stereocenters. The van der Waals surface area contributed by atoms with Crippen molar-refractivity contribution in [1.82, 2.24) is 5.32 Å². The van der Waals surface area contributed by atoms with Crippen LogP contribution in [-0.2, 0) is 19.1 Å². The Balaban J connectivity index is 1.97. The first kappa shape index (κ1) is 20.3. The van der Waals surface area contributed by atoms with E-state index in [9.17, 15) is 19.5 Å². The Morgan fingerprint density at radius 3 is 2.58 bits per heavy atom. The van der Waals surface area contributed by atoms with Gasteiger partial charge in [0, 0.05) is 24.8 Å². The number of aliphatic carboxylic acids is 1. The fraction of sp³-hybridized carbons (Fsp3) is 0.737. The minimum absolute atomic E-state index is 0.0134. The number of carbonyl (C=O) groups excluding carboxylic acids is 2. The highest BCUT2D eigenvalue weighted by Gasteiger charge is 2.55. The normalized spacial score (nSPS) is 27.8. The van der Waals surface area contributed by atoms with Crippen LogP contribution in [-0.4, -0.2) is 36.0 Å². The molecule has 0 unspecified atom stereocenters. The molecule has 26 heavy (non-hydrogen) atoms. The highest BCUT2D eigenvalue weighted by Crippen LogP contribution is 2.59. The van der Waals surface area contributed by atoms with E-state index in [0.29, 0.717) is 5.92 Å². The summed E-state index contributed by atoms with van der Waals surface area (Å²) in [6.45, 7) is 7.15. The van der Waals surface area contributed by atoms with Crippen molar-refractivity contribution in [2.45, 2.75) is 59.7 Å². The summed E-state index contributed by atoms with van der Waals surface area (Å²) < 4.78 is 10.2. The Morgan fingerprint density at radius 2 is 2.04 bits per heavy atom. The first-order valence-electron chi connectivity index (χ1n) is 9.20. The molecule has 0 saturated heterocycles. The van der Waals surface area contributed by atoms with E-state index in [-0.39, 0.29) is 24.8 Å². The van der Waals surface area contributed by atoms with Crippen LogP contribution in [0.15, 0.2) is 11.6 Å². The van der Waals surface area contributed by atoms with E-state index in [0.717, 1.165) is 19.3 Å². The standard InChI is InChI=1S/C19H29NO6/c1-5-13-6-14-8-19(9-16(22)23,15(14)7-13)10-20-18(24)26-17(11(2)3)25-12(4)21/h7,11,14-15,17H,5-6,8-10H2,1-4H3,(H,20,24)(H,22,23)/t14-,15-,17-,19-/m1/s1. The Kier molecular flexibility index (Phi) is 6.31.